The fourth-order valence-corrected chi connectivity index (χ4v) is 4.64. The van der Waals surface area contributed by atoms with Crippen molar-refractivity contribution in [3.63, 3.8) is 0 Å². The van der Waals surface area contributed by atoms with Gasteiger partial charge in [-0.15, -0.1) is 23.1 Å². The van der Waals surface area contributed by atoms with Gasteiger partial charge in [0.15, 0.2) is 0 Å². The van der Waals surface area contributed by atoms with Crippen molar-refractivity contribution in [2.75, 3.05) is 12.3 Å². The topological polar surface area (TPSA) is 12.0 Å². The SMILES string of the molecule is CCCNC(CSc1ccc(Cl)cc1)Cc1sccc1Br. The van der Waals surface area contributed by atoms with E-state index in [9.17, 15) is 0 Å². The Morgan fingerprint density at radius 2 is 2.05 bits per heavy atom. The van der Waals surface area contributed by atoms with Crippen LogP contribution in [0.4, 0.5) is 0 Å². The van der Waals surface area contributed by atoms with Crippen LogP contribution in [-0.4, -0.2) is 18.3 Å². The normalized spacial score (nSPS) is 12.5. The summed E-state index contributed by atoms with van der Waals surface area (Å²) in [5.74, 6) is 1.06. The minimum atomic E-state index is 0.487. The summed E-state index contributed by atoms with van der Waals surface area (Å²) in [6.07, 6.45) is 2.23. The molecule has 0 saturated carbocycles. The highest BCUT2D eigenvalue weighted by atomic mass is 79.9. The summed E-state index contributed by atoms with van der Waals surface area (Å²) < 4.78 is 1.23. The third-order valence-electron chi connectivity index (χ3n) is 3.07. The molecule has 1 aromatic carbocycles. The van der Waals surface area contributed by atoms with E-state index >= 15 is 0 Å². The number of benzene rings is 1. The molecule has 1 heterocycles. The van der Waals surface area contributed by atoms with Crippen LogP contribution in [0.25, 0.3) is 0 Å². The van der Waals surface area contributed by atoms with E-state index in [1.807, 2.05) is 35.2 Å². The zero-order valence-corrected chi connectivity index (χ0v) is 15.9. The van der Waals surface area contributed by atoms with Crippen LogP contribution in [0.5, 0.6) is 0 Å². The molecule has 0 fully saturated rings. The summed E-state index contributed by atoms with van der Waals surface area (Å²) in [4.78, 5) is 2.69. The smallest absolute Gasteiger partial charge is 0.0406 e. The van der Waals surface area contributed by atoms with Gasteiger partial charge >= 0.3 is 0 Å². The molecule has 2 rings (SSSR count). The fraction of sp³-hybridized carbons (Fsp3) is 0.375. The standard InChI is InChI=1S/C16H19BrClNS2/c1-2-8-19-13(10-16-15(17)7-9-20-16)11-21-14-5-3-12(18)4-6-14/h3-7,9,13,19H,2,8,10-11H2,1H3. The lowest BCUT2D eigenvalue weighted by Gasteiger charge is -2.18. The number of thiophene rings is 1. The van der Waals surface area contributed by atoms with Gasteiger partial charge in [0.25, 0.3) is 0 Å². The Morgan fingerprint density at radius 1 is 1.29 bits per heavy atom. The molecule has 1 aromatic heterocycles. The molecule has 1 N–H and O–H groups in total. The molecule has 0 aliphatic rings. The maximum absolute atomic E-state index is 5.93. The van der Waals surface area contributed by atoms with Gasteiger partial charge in [0.05, 0.1) is 0 Å². The zero-order valence-electron chi connectivity index (χ0n) is 11.9. The second kappa shape index (κ2) is 9.21. The second-order valence-corrected chi connectivity index (χ2v) is 8.20. The first-order valence-corrected chi connectivity index (χ1v) is 10.1. The van der Waals surface area contributed by atoms with Crippen molar-refractivity contribution in [3.05, 3.63) is 50.1 Å². The van der Waals surface area contributed by atoms with Crippen molar-refractivity contribution in [1.82, 2.24) is 5.32 Å². The summed E-state index contributed by atoms with van der Waals surface area (Å²) in [7, 11) is 0. The highest BCUT2D eigenvalue weighted by Crippen LogP contribution is 2.26. The zero-order chi connectivity index (χ0) is 15.1. The Kier molecular flexibility index (Phi) is 7.61. The number of halogens is 2. The molecule has 0 bridgehead atoms. The second-order valence-electron chi connectivity index (χ2n) is 4.81. The first kappa shape index (κ1) is 17.4. The molecule has 0 saturated heterocycles. The Bertz CT molecular complexity index is 541. The van der Waals surface area contributed by atoms with E-state index in [2.05, 4.69) is 51.7 Å². The molecular formula is C16H19BrClNS2. The lowest BCUT2D eigenvalue weighted by molar-refractivity contribution is 0.552. The first-order valence-electron chi connectivity index (χ1n) is 7.02. The molecule has 0 aliphatic heterocycles. The van der Waals surface area contributed by atoms with Crippen LogP contribution < -0.4 is 5.32 Å². The van der Waals surface area contributed by atoms with E-state index in [0.29, 0.717) is 6.04 Å². The Morgan fingerprint density at radius 3 is 2.67 bits per heavy atom. The van der Waals surface area contributed by atoms with Crippen molar-refractivity contribution < 1.29 is 0 Å². The van der Waals surface area contributed by atoms with Gasteiger partial charge < -0.3 is 5.32 Å². The lowest BCUT2D eigenvalue weighted by atomic mass is 10.2. The number of hydrogen-bond donors (Lipinski definition) is 1. The average Bonchev–Trinajstić information content (AvgIpc) is 2.89. The molecule has 0 spiro atoms. The molecule has 21 heavy (non-hydrogen) atoms. The van der Waals surface area contributed by atoms with Crippen molar-refractivity contribution >= 4 is 50.6 Å². The predicted molar refractivity (Wildman–Crippen MR) is 100.0 cm³/mol. The number of rotatable bonds is 8. The number of hydrogen-bond acceptors (Lipinski definition) is 3. The van der Waals surface area contributed by atoms with Gasteiger partial charge in [-0.2, -0.15) is 0 Å². The van der Waals surface area contributed by atoms with Crippen molar-refractivity contribution in [1.29, 1.82) is 0 Å². The largest absolute Gasteiger partial charge is 0.313 e. The molecule has 0 radical (unpaired) electrons. The van der Waals surface area contributed by atoms with Crippen LogP contribution in [0.1, 0.15) is 18.2 Å². The van der Waals surface area contributed by atoms with Gasteiger partial charge in [0.1, 0.15) is 0 Å². The minimum Gasteiger partial charge on any atom is -0.313 e. The molecule has 5 heteroatoms. The maximum atomic E-state index is 5.93. The summed E-state index contributed by atoms with van der Waals surface area (Å²) >= 11 is 13.3. The summed E-state index contributed by atoms with van der Waals surface area (Å²) in [5, 5.41) is 6.59. The average molecular weight is 405 g/mol. The van der Waals surface area contributed by atoms with Crippen LogP contribution >= 0.6 is 50.6 Å². The van der Waals surface area contributed by atoms with E-state index < -0.39 is 0 Å². The van der Waals surface area contributed by atoms with Crippen LogP contribution in [0, 0.1) is 0 Å². The third-order valence-corrected chi connectivity index (χ3v) is 6.45. The molecule has 1 atom stereocenters. The van der Waals surface area contributed by atoms with E-state index in [-0.39, 0.29) is 0 Å². The Hall–Kier alpha value is -0.000000000000000111. The number of nitrogens with one attached hydrogen (secondary N) is 1. The molecule has 1 unspecified atom stereocenters. The summed E-state index contributed by atoms with van der Waals surface area (Å²) in [5.41, 5.74) is 0. The molecule has 1 nitrogen and oxygen atoms in total. The highest BCUT2D eigenvalue weighted by Gasteiger charge is 2.12. The lowest BCUT2D eigenvalue weighted by Crippen LogP contribution is -2.33. The quantitative estimate of drug-likeness (QED) is 0.552. The van der Waals surface area contributed by atoms with Gasteiger partial charge in [0, 0.05) is 31.1 Å². The molecular weight excluding hydrogens is 386 g/mol. The van der Waals surface area contributed by atoms with Gasteiger partial charge in [-0.25, -0.2) is 0 Å². The summed E-state index contributed by atoms with van der Waals surface area (Å²) in [6, 6.07) is 10.7. The van der Waals surface area contributed by atoms with Crippen molar-refractivity contribution in [2.24, 2.45) is 0 Å². The monoisotopic (exact) mass is 403 g/mol. The van der Waals surface area contributed by atoms with Crippen LogP contribution in [0.15, 0.2) is 45.1 Å². The number of thioether (sulfide) groups is 1. The molecule has 0 aliphatic carbocycles. The Labute approximate surface area is 148 Å². The van der Waals surface area contributed by atoms with E-state index in [0.717, 1.165) is 30.2 Å². The van der Waals surface area contributed by atoms with Crippen LogP contribution in [0.3, 0.4) is 0 Å². The molecule has 0 amide bonds. The van der Waals surface area contributed by atoms with Gasteiger partial charge in [0.2, 0.25) is 0 Å². The van der Waals surface area contributed by atoms with Crippen molar-refractivity contribution in [2.45, 2.75) is 30.7 Å². The van der Waals surface area contributed by atoms with E-state index in [1.54, 1.807) is 0 Å². The molecule has 2 aromatic rings. The van der Waals surface area contributed by atoms with Gasteiger partial charge in [-0.05, 0) is 71.0 Å². The van der Waals surface area contributed by atoms with Crippen LogP contribution in [0.2, 0.25) is 5.02 Å². The Balaban J connectivity index is 1.92. The van der Waals surface area contributed by atoms with E-state index in [4.69, 9.17) is 11.6 Å². The summed E-state index contributed by atoms with van der Waals surface area (Å²) in [6.45, 7) is 3.27. The predicted octanol–water partition coefficient (Wildman–Crippen LogP) is 5.87. The van der Waals surface area contributed by atoms with E-state index in [1.165, 1.54) is 14.2 Å². The fourth-order valence-electron chi connectivity index (χ4n) is 1.96. The highest BCUT2D eigenvalue weighted by molar-refractivity contribution is 9.10. The van der Waals surface area contributed by atoms with Crippen molar-refractivity contribution in [3.8, 4) is 0 Å². The molecule has 114 valence electrons. The van der Waals surface area contributed by atoms with Crippen LogP contribution in [-0.2, 0) is 6.42 Å². The minimum absolute atomic E-state index is 0.487. The first-order chi connectivity index (χ1) is 10.2. The third kappa shape index (κ3) is 5.95. The van der Waals surface area contributed by atoms with Gasteiger partial charge in [-0.3, -0.25) is 0 Å². The maximum Gasteiger partial charge on any atom is 0.0406 e. The van der Waals surface area contributed by atoms with Gasteiger partial charge in [-0.1, -0.05) is 18.5 Å².